The van der Waals surface area contributed by atoms with Gasteiger partial charge in [-0.1, -0.05) is 12.1 Å². The van der Waals surface area contributed by atoms with E-state index in [4.69, 9.17) is 9.15 Å². The molecule has 1 N–H and O–H groups in total. The lowest BCUT2D eigenvalue weighted by molar-refractivity contribution is 0.102. The summed E-state index contributed by atoms with van der Waals surface area (Å²) in [5, 5.41) is 3.26. The maximum atomic E-state index is 12.3. The monoisotopic (exact) mass is 372 g/mol. The van der Waals surface area contributed by atoms with Crippen LogP contribution in [-0.2, 0) is 0 Å². The second kappa shape index (κ2) is 7.36. The third-order valence-corrected chi connectivity index (χ3v) is 4.28. The fourth-order valence-electron chi connectivity index (χ4n) is 2.78. The third kappa shape index (κ3) is 3.48. The number of fused-ring (bicyclic) bond motifs is 1. The number of ether oxygens (including phenoxy) is 1. The lowest BCUT2D eigenvalue weighted by Crippen LogP contribution is -2.11. The van der Waals surface area contributed by atoms with Gasteiger partial charge in [0.2, 0.25) is 5.89 Å². The summed E-state index contributed by atoms with van der Waals surface area (Å²) in [5.74, 6) is 0.688. The Bertz CT molecular complexity index is 1200. The van der Waals surface area contributed by atoms with Crippen LogP contribution in [0.4, 0.5) is 5.69 Å². The number of para-hydroxylation sites is 1. The number of nitrogens with one attached hydrogen (secondary N) is 1. The molecule has 28 heavy (non-hydrogen) atoms. The fraction of sp³-hybridized carbons (Fsp3) is 0.0455. The minimum Gasteiger partial charge on any atom is -0.497 e. The molecule has 4 rings (SSSR count). The van der Waals surface area contributed by atoms with Crippen LogP contribution >= 0.6 is 0 Å². The molecular weight excluding hydrogens is 356 g/mol. The molecule has 4 aromatic rings. The van der Waals surface area contributed by atoms with E-state index in [0.29, 0.717) is 33.5 Å². The SMILES string of the molecule is COc1ccc(C(=O)Nc2ccc(-c3nc4ccccc4c(=O)o3)cc2)cc1. The normalized spacial score (nSPS) is 10.6. The quantitative estimate of drug-likeness (QED) is 0.583. The molecule has 1 heterocycles. The lowest BCUT2D eigenvalue weighted by Gasteiger charge is -2.07. The molecule has 1 amide bonds. The van der Waals surface area contributed by atoms with Crippen LogP contribution < -0.4 is 15.7 Å². The molecule has 138 valence electrons. The van der Waals surface area contributed by atoms with Crippen molar-refractivity contribution in [2.75, 3.05) is 12.4 Å². The molecule has 0 aliphatic heterocycles. The molecule has 0 atom stereocenters. The van der Waals surface area contributed by atoms with Gasteiger partial charge in [0.05, 0.1) is 18.0 Å². The van der Waals surface area contributed by atoms with Crippen LogP contribution in [0.3, 0.4) is 0 Å². The average Bonchev–Trinajstić information content (AvgIpc) is 2.74. The summed E-state index contributed by atoms with van der Waals surface area (Å²) in [6.45, 7) is 0. The molecule has 0 aliphatic rings. The molecule has 0 unspecified atom stereocenters. The summed E-state index contributed by atoms with van der Waals surface area (Å²) in [6.07, 6.45) is 0. The third-order valence-electron chi connectivity index (χ3n) is 4.28. The van der Waals surface area contributed by atoms with E-state index < -0.39 is 5.63 Å². The molecule has 3 aromatic carbocycles. The Morgan fingerprint density at radius 1 is 0.964 bits per heavy atom. The number of methoxy groups -OCH3 is 1. The van der Waals surface area contributed by atoms with E-state index in [0.717, 1.165) is 0 Å². The van der Waals surface area contributed by atoms with Gasteiger partial charge in [0.25, 0.3) is 5.91 Å². The number of benzene rings is 3. The molecule has 1 aromatic heterocycles. The van der Waals surface area contributed by atoms with Crippen molar-refractivity contribution in [2.45, 2.75) is 0 Å². The van der Waals surface area contributed by atoms with Gasteiger partial charge >= 0.3 is 5.63 Å². The number of rotatable bonds is 4. The van der Waals surface area contributed by atoms with Gasteiger partial charge in [-0.15, -0.1) is 0 Å². The maximum absolute atomic E-state index is 12.3. The van der Waals surface area contributed by atoms with Gasteiger partial charge in [0, 0.05) is 16.8 Å². The van der Waals surface area contributed by atoms with Gasteiger partial charge in [-0.2, -0.15) is 0 Å². The molecule has 0 aliphatic carbocycles. The number of nitrogens with zero attached hydrogens (tertiary/aromatic N) is 1. The predicted molar refractivity (Wildman–Crippen MR) is 107 cm³/mol. The second-order valence-corrected chi connectivity index (χ2v) is 6.08. The largest absolute Gasteiger partial charge is 0.497 e. The zero-order valence-electron chi connectivity index (χ0n) is 15.0. The van der Waals surface area contributed by atoms with Crippen molar-refractivity contribution < 1.29 is 13.9 Å². The maximum Gasteiger partial charge on any atom is 0.347 e. The molecular formula is C22H16N2O4. The Morgan fingerprint density at radius 2 is 1.68 bits per heavy atom. The van der Waals surface area contributed by atoms with Crippen LogP contribution in [-0.4, -0.2) is 18.0 Å². The van der Waals surface area contributed by atoms with Crippen LogP contribution in [0.1, 0.15) is 10.4 Å². The van der Waals surface area contributed by atoms with Crippen LogP contribution in [0.5, 0.6) is 5.75 Å². The summed E-state index contributed by atoms with van der Waals surface area (Å²) in [6, 6.07) is 20.8. The second-order valence-electron chi connectivity index (χ2n) is 6.08. The van der Waals surface area contributed by atoms with E-state index in [-0.39, 0.29) is 11.8 Å². The molecule has 0 saturated carbocycles. The standard InChI is InChI=1S/C22H16N2O4/c1-27-17-12-8-14(9-13-17)20(25)23-16-10-6-15(7-11-16)21-24-19-5-3-2-4-18(19)22(26)28-21/h2-13H,1H3,(H,23,25). The van der Waals surface area contributed by atoms with Crippen LogP contribution in [0.15, 0.2) is 82.0 Å². The number of hydrogen-bond donors (Lipinski definition) is 1. The summed E-state index contributed by atoms with van der Waals surface area (Å²) < 4.78 is 10.4. The highest BCUT2D eigenvalue weighted by Gasteiger charge is 2.10. The van der Waals surface area contributed by atoms with Gasteiger partial charge in [0.15, 0.2) is 0 Å². The minimum absolute atomic E-state index is 0.231. The molecule has 6 nitrogen and oxygen atoms in total. The first-order valence-electron chi connectivity index (χ1n) is 8.60. The number of carbonyl (C=O) groups excluding carboxylic acids is 1. The lowest BCUT2D eigenvalue weighted by atomic mass is 10.1. The predicted octanol–water partition coefficient (Wildman–Crippen LogP) is 4.12. The van der Waals surface area contributed by atoms with Crippen molar-refractivity contribution in [3.63, 3.8) is 0 Å². The van der Waals surface area contributed by atoms with Crippen molar-refractivity contribution in [2.24, 2.45) is 0 Å². The first-order chi connectivity index (χ1) is 13.6. The molecule has 0 bridgehead atoms. The number of amides is 1. The Hall–Kier alpha value is -3.93. The first kappa shape index (κ1) is 17.5. The summed E-state index contributed by atoms with van der Waals surface area (Å²) in [7, 11) is 1.57. The van der Waals surface area contributed by atoms with Crippen LogP contribution in [0.25, 0.3) is 22.4 Å². The topological polar surface area (TPSA) is 81.4 Å². The zero-order chi connectivity index (χ0) is 19.5. The number of carbonyl (C=O) groups is 1. The van der Waals surface area contributed by atoms with E-state index >= 15 is 0 Å². The summed E-state index contributed by atoms with van der Waals surface area (Å²) >= 11 is 0. The van der Waals surface area contributed by atoms with Crippen LogP contribution in [0.2, 0.25) is 0 Å². The van der Waals surface area contributed by atoms with Gasteiger partial charge < -0.3 is 14.5 Å². The Morgan fingerprint density at radius 3 is 2.39 bits per heavy atom. The number of anilines is 1. The minimum atomic E-state index is -0.433. The molecule has 0 saturated heterocycles. The summed E-state index contributed by atoms with van der Waals surface area (Å²) in [4.78, 5) is 28.8. The van der Waals surface area contributed by atoms with Gasteiger partial charge in [-0.25, -0.2) is 9.78 Å². The van der Waals surface area contributed by atoms with Crippen molar-refractivity contribution >= 4 is 22.5 Å². The van der Waals surface area contributed by atoms with E-state index in [1.165, 1.54) is 0 Å². The summed E-state index contributed by atoms with van der Waals surface area (Å²) in [5.41, 5.74) is 1.92. The Labute approximate surface area is 160 Å². The van der Waals surface area contributed by atoms with E-state index in [9.17, 15) is 9.59 Å². The van der Waals surface area contributed by atoms with Crippen molar-refractivity contribution in [3.05, 3.63) is 88.8 Å². The van der Waals surface area contributed by atoms with Crippen LogP contribution in [0, 0.1) is 0 Å². The fourth-order valence-corrected chi connectivity index (χ4v) is 2.78. The zero-order valence-corrected chi connectivity index (χ0v) is 15.0. The molecule has 0 spiro atoms. The molecule has 6 heteroatoms. The van der Waals surface area contributed by atoms with Gasteiger partial charge in [-0.05, 0) is 60.7 Å². The van der Waals surface area contributed by atoms with E-state index in [2.05, 4.69) is 10.3 Å². The van der Waals surface area contributed by atoms with Crippen molar-refractivity contribution in [3.8, 4) is 17.2 Å². The number of aromatic nitrogens is 1. The smallest absolute Gasteiger partial charge is 0.347 e. The Balaban J connectivity index is 1.55. The van der Waals surface area contributed by atoms with Crippen molar-refractivity contribution in [1.29, 1.82) is 0 Å². The number of hydrogen-bond acceptors (Lipinski definition) is 5. The Kier molecular flexibility index (Phi) is 4.60. The van der Waals surface area contributed by atoms with Crippen molar-refractivity contribution in [1.82, 2.24) is 4.98 Å². The van der Waals surface area contributed by atoms with E-state index in [1.807, 2.05) is 6.07 Å². The first-order valence-corrected chi connectivity index (χ1v) is 8.60. The van der Waals surface area contributed by atoms with Gasteiger partial charge in [0.1, 0.15) is 5.75 Å². The highest BCUT2D eigenvalue weighted by atomic mass is 16.5. The van der Waals surface area contributed by atoms with E-state index in [1.54, 1.807) is 73.8 Å². The molecule has 0 radical (unpaired) electrons. The highest BCUT2D eigenvalue weighted by molar-refractivity contribution is 6.04. The highest BCUT2D eigenvalue weighted by Crippen LogP contribution is 2.21. The molecule has 0 fully saturated rings. The van der Waals surface area contributed by atoms with Gasteiger partial charge in [-0.3, -0.25) is 4.79 Å². The average molecular weight is 372 g/mol.